The molecule has 3 aromatic rings. The molecule has 0 saturated carbocycles. The highest BCUT2D eigenvalue weighted by molar-refractivity contribution is 14.1. The average molecular weight is 764 g/mol. The van der Waals surface area contributed by atoms with Crippen LogP contribution < -0.4 is 10.7 Å². The summed E-state index contributed by atoms with van der Waals surface area (Å²) in [6.07, 6.45) is -0.981. The lowest BCUT2D eigenvalue weighted by Crippen LogP contribution is -2.54. The van der Waals surface area contributed by atoms with Gasteiger partial charge in [-0.25, -0.2) is 28.1 Å². The Labute approximate surface area is 278 Å². The second-order valence-electron chi connectivity index (χ2n) is 12.6. The fourth-order valence-electron chi connectivity index (χ4n) is 4.25. The number of carbonyl (C=O) groups is 2. The summed E-state index contributed by atoms with van der Waals surface area (Å²) in [5.74, 6) is -2.07. The second kappa shape index (κ2) is 15.4. The van der Waals surface area contributed by atoms with Gasteiger partial charge < -0.3 is 19.9 Å². The smallest absolute Gasteiger partial charge is 0.422 e. The summed E-state index contributed by atoms with van der Waals surface area (Å²) < 4.78 is 68.6. The number of nitrogens with one attached hydrogen (secondary N) is 2. The van der Waals surface area contributed by atoms with Gasteiger partial charge >= 0.3 is 18.7 Å². The van der Waals surface area contributed by atoms with Gasteiger partial charge in [0, 0.05) is 34.0 Å². The van der Waals surface area contributed by atoms with E-state index in [2.05, 4.69) is 38.4 Å². The van der Waals surface area contributed by atoms with Crippen LogP contribution in [0.1, 0.15) is 59.2 Å². The van der Waals surface area contributed by atoms with Crippen molar-refractivity contribution in [3.05, 3.63) is 75.1 Å². The third-order valence-electron chi connectivity index (χ3n) is 6.22. The molecule has 0 radical (unpaired) electrons. The highest BCUT2D eigenvalue weighted by Gasteiger charge is 2.29. The van der Waals surface area contributed by atoms with Crippen molar-refractivity contribution < 1.29 is 41.7 Å². The number of rotatable bonds is 11. The molecule has 2 aromatic carbocycles. The first-order valence-electron chi connectivity index (χ1n) is 14.3. The Balaban J connectivity index is 1.91. The van der Waals surface area contributed by atoms with Crippen LogP contribution in [0.5, 0.6) is 0 Å². The summed E-state index contributed by atoms with van der Waals surface area (Å²) >= 11 is 2.15. The normalized spacial score (nSPS) is 13.4. The molecule has 3 N–H and O–H groups in total. The standard InChI is InChI=1S/C31H38F4IN5O5/c1-30(2,3)45-28(43)38-25(11-18-7-9-21(36)10-8-18)26(42)17-40(39-29(44)46-31(4,5)6)16-22-23(32)12-19(13-24(22)33)20-14-37-41(15-20)27(34)35/h7-10,12-15,25-27,42H,11,16-17H2,1-6H3,(H,38,43)(H,39,44)/t25-,26-/m0/s1. The van der Waals surface area contributed by atoms with E-state index in [-0.39, 0.29) is 17.5 Å². The monoisotopic (exact) mass is 763 g/mol. The number of alkyl carbamates (subject to hydrolysis) is 1. The number of hydrogen-bond donors (Lipinski definition) is 3. The van der Waals surface area contributed by atoms with Crippen LogP contribution in [0, 0.1) is 15.2 Å². The predicted molar refractivity (Wildman–Crippen MR) is 171 cm³/mol. The number of ether oxygens (including phenoxy) is 2. The number of carbonyl (C=O) groups excluding carboxylic acids is 2. The van der Waals surface area contributed by atoms with E-state index in [1.807, 2.05) is 24.3 Å². The van der Waals surface area contributed by atoms with Gasteiger partial charge in [-0.1, -0.05) is 12.1 Å². The molecule has 15 heteroatoms. The van der Waals surface area contributed by atoms with Crippen molar-refractivity contribution in [2.45, 2.75) is 84.4 Å². The molecule has 0 spiro atoms. The third kappa shape index (κ3) is 11.7. The van der Waals surface area contributed by atoms with Gasteiger partial charge in [0.05, 0.1) is 18.3 Å². The van der Waals surface area contributed by atoms with E-state index in [1.165, 1.54) is 0 Å². The fourth-order valence-corrected chi connectivity index (χ4v) is 4.61. The summed E-state index contributed by atoms with van der Waals surface area (Å²) in [5.41, 5.74) is 1.00. The quantitative estimate of drug-likeness (QED) is 0.115. The number of aliphatic hydroxyl groups is 1. The highest BCUT2D eigenvalue weighted by Crippen LogP contribution is 2.26. The molecule has 1 aromatic heterocycles. The minimum atomic E-state index is -2.93. The molecular weight excluding hydrogens is 725 g/mol. The molecule has 0 aliphatic heterocycles. The Kier molecular flexibility index (Phi) is 12.4. The maximum atomic E-state index is 15.4. The lowest BCUT2D eigenvalue weighted by molar-refractivity contribution is 0.01000. The van der Waals surface area contributed by atoms with Gasteiger partial charge in [-0.2, -0.15) is 13.9 Å². The number of halogens is 5. The van der Waals surface area contributed by atoms with Gasteiger partial charge in [0.2, 0.25) is 0 Å². The molecule has 0 saturated heterocycles. The maximum Gasteiger partial charge on any atom is 0.422 e. The lowest BCUT2D eigenvalue weighted by Gasteiger charge is -2.32. The number of benzene rings is 2. The number of hydrazine groups is 1. The van der Waals surface area contributed by atoms with Gasteiger partial charge in [0.25, 0.3) is 0 Å². The first-order chi connectivity index (χ1) is 21.3. The van der Waals surface area contributed by atoms with E-state index < -0.39 is 72.4 Å². The minimum Gasteiger partial charge on any atom is -0.444 e. The zero-order valence-electron chi connectivity index (χ0n) is 26.3. The first kappa shape index (κ1) is 37.0. The van der Waals surface area contributed by atoms with Gasteiger partial charge in [-0.05, 0) is 106 Å². The number of hydrogen-bond acceptors (Lipinski definition) is 7. The Morgan fingerprint density at radius 3 is 2.07 bits per heavy atom. The molecule has 0 aliphatic rings. The molecular formula is C31H38F4IN5O5. The number of nitrogens with zero attached hydrogens (tertiary/aromatic N) is 3. The zero-order chi connectivity index (χ0) is 34.4. The second-order valence-corrected chi connectivity index (χ2v) is 13.8. The van der Waals surface area contributed by atoms with Crippen LogP contribution in [0.2, 0.25) is 0 Å². The topological polar surface area (TPSA) is 118 Å². The maximum absolute atomic E-state index is 15.4. The Bertz CT molecular complexity index is 1470. The Morgan fingerprint density at radius 1 is 0.978 bits per heavy atom. The Morgan fingerprint density at radius 2 is 1.54 bits per heavy atom. The SMILES string of the molecule is CC(C)(C)OC(=O)N[C@@H](Cc1ccc(I)cc1)[C@@H](O)CN(Cc1c(F)cc(-c2cnn(C(F)F)c2)cc1F)NC(=O)OC(C)(C)C. The minimum absolute atomic E-state index is 0.0310. The lowest BCUT2D eigenvalue weighted by atomic mass is 10.0. The van der Waals surface area contributed by atoms with Crippen LogP contribution in [-0.4, -0.2) is 62.0 Å². The molecule has 3 rings (SSSR count). The first-order valence-corrected chi connectivity index (χ1v) is 15.3. The van der Waals surface area contributed by atoms with Crippen molar-refractivity contribution >= 4 is 34.8 Å². The zero-order valence-corrected chi connectivity index (χ0v) is 28.4. The van der Waals surface area contributed by atoms with Crippen molar-refractivity contribution in [3.8, 4) is 11.1 Å². The molecule has 0 bridgehead atoms. The summed E-state index contributed by atoms with van der Waals surface area (Å²) in [4.78, 5) is 25.4. The molecule has 252 valence electrons. The summed E-state index contributed by atoms with van der Waals surface area (Å²) in [6.45, 7) is 6.01. The van der Waals surface area contributed by atoms with Crippen LogP contribution in [0.4, 0.5) is 27.2 Å². The van der Waals surface area contributed by atoms with Crippen LogP contribution in [-0.2, 0) is 22.4 Å². The molecule has 46 heavy (non-hydrogen) atoms. The van der Waals surface area contributed by atoms with E-state index in [9.17, 15) is 23.5 Å². The summed E-state index contributed by atoms with van der Waals surface area (Å²) in [7, 11) is 0. The number of aliphatic hydroxyl groups excluding tert-OH is 1. The molecule has 10 nitrogen and oxygen atoms in total. The van der Waals surface area contributed by atoms with Crippen molar-refractivity contribution in [2.75, 3.05) is 6.54 Å². The van der Waals surface area contributed by atoms with Crippen molar-refractivity contribution in [2.24, 2.45) is 0 Å². The molecule has 2 amide bonds. The number of amides is 2. The van der Waals surface area contributed by atoms with Crippen LogP contribution in [0.3, 0.4) is 0 Å². The van der Waals surface area contributed by atoms with Crippen LogP contribution in [0.25, 0.3) is 11.1 Å². The van der Waals surface area contributed by atoms with E-state index >= 15 is 8.78 Å². The van der Waals surface area contributed by atoms with E-state index in [4.69, 9.17) is 9.47 Å². The highest BCUT2D eigenvalue weighted by atomic mass is 127. The van der Waals surface area contributed by atoms with E-state index in [0.29, 0.717) is 4.68 Å². The van der Waals surface area contributed by atoms with Crippen molar-refractivity contribution in [1.82, 2.24) is 25.5 Å². The fraction of sp³-hybridized carbons (Fsp3) is 0.452. The van der Waals surface area contributed by atoms with Crippen LogP contribution in [0.15, 0.2) is 48.8 Å². The average Bonchev–Trinajstić information content (AvgIpc) is 3.40. The molecule has 1 heterocycles. The van der Waals surface area contributed by atoms with Gasteiger partial charge in [-0.3, -0.25) is 5.43 Å². The molecule has 0 fully saturated rings. The summed E-state index contributed by atoms with van der Waals surface area (Å²) in [6, 6.07) is 8.32. The van der Waals surface area contributed by atoms with Gasteiger partial charge in [0.1, 0.15) is 22.8 Å². The Hall–Kier alpha value is -3.44. The van der Waals surface area contributed by atoms with Crippen LogP contribution >= 0.6 is 22.6 Å². The van der Waals surface area contributed by atoms with Gasteiger partial charge in [-0.15, -0.1) is 0 Å². The summed E-state index contributed by atoms with van der Waals surface area (Å²) in [5, 5.41) is 18.6. The van der Waals surface area contributed by atoms with E-state index in [1.54, 1.807) is 41.5 Å². The molecule has 0 aliphatic carbocycles. The largest absolute Gasteiger partial charge is 0.444 e. The number of aromatic nitrogens is 2. The number of alkyl halides is 2. The third-order valence-corrected chi connectivity index (χ3v) is 6.94. The van der Waals surface area contributed by atoms with Gasteiger partial charge in [0.15, 0.2) is 0 Å². The van der Waals surface area contributed by atoms with E-state index in [0.717, 1.165) is 38.7 Å². The van der Waals surface area contributed by atoms with Crippen molar-refractivity contribution in [3.63, 3.8) is 0 Å². The molecule has 2 atom stereocenters. The van der Waals surface area contributed by atoms with Crippen molar-refractivity contribution in [1.29, 1.82) is 0 Å². The predicted octanol–water partition coefficient (Wildman–Crippen LogP) is 6.57. The molecule has 0 unspecified atom stereocenters.